The topological polar surface area (TPSA) is 46.3 Å². The molecule has 0 amide bonds. The third kappa shape index (κ3) is 3.35. The van der Waals surface area contributed by atoms with E-state index in [0.717, 1.165) is 71.7 Å². The van der Waals surface area contributed by atoms with Gasteiger partial charge in [-0.05, 0) is 76.2 Å². The Labute approximate surface area is 175 Å². The maximum atomic E-state index is 15.1. The number of rotatable bonds is 3. The number of likely N-dealkylation sites (tertiary alicyclic amines) is 1. The summed E-state index contributed by atoms with van der Waals surface area (Å²) in [5.41, 5.74) is 5.70. The SMILES string of the molecule is CCN1CCC(c2ccc3cc(-c4cc(C)c5nc(C)cn5n4)cc(F)c3n2)CC1. The van der Waals surface area contributed by atoms with Crippen LogP contribution in [0.5, 0.6) is 0 Å². The van der Waals surface area contributed by atoms with Crippen LogP contribution in [0.25, 0.3) is 27.8 Å². The van der Waals surface area contributed by atoms with Gasteiger partial charge in [-0.3, -0.25) is 0 Å². The highest BCUT2D eigenvalue weighted by atomic mass is 19.1. The molecule has 0 atom stereocenters. The van der Waals surface area contributed by atoms with Crippen LogP contribution in [-0.2, 0) is 0 Å². The van der Waals surface area contributed by atoms with Gasteiger partial charge < -0.3 is 4.90 Å². The van der Waals surface area contributed by atoms with Crippen molar-refractivity contribution in [1.82, 2.24) is 24.5 Å². The van der Waals surface area contributed by atoms with E-state index >= 15 is 4.39 Å². The van der Waals surface area contributed by atoms with E-state index in [1.807, 2.05) is 38.2 Å². The lowest BCUT2D eigenvalue weighted by Crippen LogP contribution is -2.32. The predicted octanol–water partition coefficient (Wildman–Crippen LogP) is 4.90. The molecule has 4 heterocycles. The zero-order valence-electron chi connectivity index (χ0n) is 17.7. The quantitative estimate of drug-likeness (QED) is 0.488. The summed E-state index contributed by atoms with van der Waals surface area (Å²) >= 11 is 0. The average molecular weight is 404 g/mol. The van der Waals surface area contributed by atoms with E-state index in [0.29, 0.717) is 11.4 Å². The first-order valence-electron chi connectivity index (χ1n) is 10.7. The smallest absolute Gasteiger partial charge is 0.156 e. The Morgan fingerprint density at radius 3 is 2.63 bits per heavy atom. The highest BCUT2D eigenvalue weighted by molar-refractivity contribution is 5.84. The lowest BCUT2D eigenvalue weighted by atomic mass is 9.92. The zero-order valence-corrected chi connectivity index (χ0v) is 17.7. The van der Waals surface area contributed by atoms with Crippen LogP contribution < -0.4 is 0 Å². The van der Waals surface area contributed by atoms with Crippen molar-refractivity contribution in [3.63, 3.8) is 0 Å². The van der Waals surface area contributed by atoms with Crippen LogP contribution in [-0.4, -0.2) is 44.1 Å². The molecule has 1 aromatic carbocycles. The normalized spacial score (nSPS) is 16.0. The molecule has 0 unspecified atom stereocenters. The number of nitrogens with zero attached hydrogens (tertiary/aromatic N) is 5. The molecule has 4 aromatic rings. The van der Waals surface area contributed by atoms with E-state index in [9.17, 15) is 0 Å². The van der Waals surface area contributed by atoms with Gasteiger partial charge in [-0.15, -0.1) is 0 Å². The Morgan fingerprint density at radius 1 is 1.07 bits per heavy atom. The molecule has 3 aromatic heterocycles. The summed E-state index contributed by atoms with van der Waals surface area (Å²) in [6.45, 7) is 9.41. The molecule has 0 bridgehead atoms. The van der Waals surface area contributed by atoms with Crippen molar-refractivity contribution in [3.05, 3.63) is 59.3 Å². The van der Waals surface area contributed by atoms with Gasteiger partial charge >= 0.3 is 0 Å². The Morgan fingerprint density at radius 2 is 1.87 bits per heavy atom. The fourth-order valence-corrected chi connectivity index (χ4v) is 4.51. The molecule has 154 valence electrons. The van der Waals surface area contributed by atoms with Crippen molar-refractivity contribution in [1.29, 1.82) is 0 Å². The van der Waals surface area contributed by atoms with Gasteiger partial charge in [-0.2, -0.15) is 5.10 Å². The lowest BCUT2D eigenvalue weighted by molar-refractivity contribution is 0.221. The van der Waals surface area contributed by atoms with Gasteiger partial charge in [0, 0.05) is 22.6 Å². The molecule has 1 aliphatic heterocycles. The first-order chi connectivity index (χ1) is 14.5. The lowest BCUT2D eigenvalue weighted by Gasteiger charge is -2.30. The van der Waals surface area contributed by atoms with E-state index in [4.69, 9.17) is 4.98 Å². The molecular weight excluding hydrogens is 377 g/mol. The van der Waals surface area contributed by atoms with Gasteiger partial charge in [0.1, 0.15) is 11.3 Å². The molecule has 0 saturated carbocycles. The Kier molecular flexibility index (Phi) is 4.74. The molecule has 0 spiro atoms. The number of aryl methyl sites for hydroxylation is 2. The molecule has 6 heteroatoms. The minimum absolute atomic E-state index is 0.295. The molecule has 1 saturated heterocycles. The number of fused-ring (bicyclic) bond motifs is 2. The molecule has 0 N–H and O–H groups in total. The third-order valence-corrected chi connectivity index (χ3v) is 6.25. The minimum atomic E-state index is -0.295. The van der Waals surface area contributed by atoms with Crippen molar-refractivity contribution < 1.29 is 4.39 Å². The van der Waals surface area contributed by atoms with Gasteiger partial charge in [-0.1, -0.05) is 13.0 Å². The van der Waals surface area contributed by atoms with Crippen LogP contribution in [0.2, 0.25) is 0 Å². The monoisotopic (exact) mass is 403 g/mol. The number of piperidine rings is 1. The molecule has 1 fully saturated rings. The highest BCUT2D eigenvalue weighted by Crippen LogP contribution is 2.31. The predicted molar refractivity (Wildman–Crippen MR) is 117 cm³/mol. The van der Waals surface area contributed by atoms with Gasteiger partial charge in [-0.25, -0.2) is 18.9 Å². The standard InChI is InChI=1S/C24H26FN5/c1-4-29-9-7-17(8-10-29)21-6-5-18-12-19(13-20(25)23(18)27-21)22-11-15(2)24-26-16(3)14-30(24)28-22/h5-6,11-14,17H,4,7-10H2,1-3H3. The second kappa shape index (κ2) is 7.43. The van der Waals surface area contributed by atoms with E-state index in [1.165, 1.54) is 0 Å². The number of aromatic nitrogens is 4. The van der Waals surface area contributed by atoms with Gasteiger partial charge in [0.25, 0.3) is 0 Å². The molecule has 0 aliphatic carbocycles. The number of pyridine rings is 1. The summed E-state index contributed by atoms with van der Waals surface area (Å²) in [5, 5.41) is 5.45. The second-order valence-electron chi connectivity index (χ2n) is 8.34. The summed E-state index contributed by atoms with van der Waals surface area (Å²) in [7, 11) is 0. The van der Waals surface area contributed by atoms with Crippen molar-refractivity contribution >= 4 is 16.6 Å². The second-order valence-corrected chi connectivity index (χ2v) is 8.34. The molecule has 0 radical (unpaired) electrons. The van der Waals surface area contributed by atoms with Crippen LogP contribution in [0.1, 0.15) is 42.6 Å². The first-order valence-corrected chi connectivity index (χ1v) is 10.7. The van der Waals surface area contributed by atoms with Gasteiger partial charge in [0.05, 0.1) is 17.6 Å². The summed E-state index contributed by atoms with van der Waals surface area (Å²) in [4.78, 5) is 11.7. The number of imidazole rings is 1. The highest BCUT2D eigenvalue weighted by Gasteiger charge is 2.21. The zero-order chi connectivity index (χ0) is 20.8. The maximum Gasteiger partial charge on any atom is 0.156 e. The summed E-state index contributed by atoms with van der Waals surface area (Å²) in [6.07, 6.45) is 4.06. The van der Waals surface area contributed by atoms with Crippen LogP contribution in [0.4, 0.5) is 4.39 Å². The molecule has 1 aliphatic rings. The Hall–Kier alpha value is -2.86. The number of hydrogen-bond donors (Lipinski definition) is 0. The van der Waals surface area contributed by atoms with Crippen LogP contribution in [0.3, 0.4) is 0 Å². The van der Waals surface area contributed by atoms with Crippen molar-refractivity contribution in [3.8, 4) is 11.3 Å². The fourth-order valence-electron chi connectivity index (χ4n) is 4.51. The number of hydrogen-bond acceptors (Lipinski definition) is 4. The minimum Gasteiger partial charge on any atom is -0.304 e. The van der Waals surface area contributed by atoms with E-state index in [-0.39, 0.29) is 5.82 Å². The van der Waals surface area contributed by atoms with Crippen LogP contribution in [0.15, 0.2) is 36.5 Å². The fraction of sp³-hybridized carbons (Fsp3) is 0.375. The molecule has 5 nitrogen and oxygen atoms in total. The van der Waals surface area contributed by atoms with E-state index < -0.39 is 0 Å². The molecule has 30 heavy (non-hydrogen) atoms. The van der Waals surface area contributed by atoms with Crippen molar-refractivity contribution in [2.45, 2.75) is 39.5 Å². The molecule has 5 rings (SSSR count). The maximum absolute atomic E-state index is 15.1. The summed E-state index contributed by atoms with van der Waals surface area (Å²) in [6, 6.07) is 9.57. The summed E-state index contributed by atoms with van der Waals surface area (Å²) in [5.74, 6) is 0.115. The first kappa shape index (κ1) is 19.1. The van der Waals surface area contributed by atoms with Crippen LogP contribution >= 0.6 is 0 Å². The summed E-state index contributed by atoms with van der Waals surface area (Å²) < 4.78 is 16.9. The average Bonchev–Trinajstić information content (AvgIpc) is 3.14. The van der Waals surface area contributed by atoms with Gasteiger partial charge in [0.15, 0.2) is 5.65 Å². The van der Waals surface area contributed by atoms with E-state index in [1.54, 1.807) is 10.6 Å². The Balaban J connectivity index is 1.52. The van der Waals surface area contributed by atoms with Crippen molar-refractivity contribution in [2.24, 2.45) is 0 Å². The number of halogens is 1. The largest absolute Gasteiger partial charge is 0.304 e. The van der Waals surface area contributed by atoms with E-state index in [2.05, 4.69) is 28.0 Å². The number of benzene rings is 1. The van der Waals surface area contributed by atoms with Crippen LogP contribution in [0, 0.1) is 19.7 Å². The third-order valence-electron chi connectivity index (χ3n) is 6.25. The van der Waals surface area contributed by atoms with Gasteiger partial charge in [0.2, 0.25) is 0 Å². The van der Waals surface area contributed by atoms with Crippen molar-refractivity contribution in [2.75, 3.05) is 19.6 Å². The molecular formula is C24H26FN5. The Bertz CT molecular complexity index is 1240.